The minimum Gasteiger partial charge on any atom is -0.335 e. The monoisotopic (exact) mass is 680 g/mol. The Hall–Kier alpha value is -3.56. The molecule has 252 valence electrons. The summed E-state index contributed by atoms with van der Waals surface area (Å²) in [6.07, 6.45) is -8.56. The number of carbonyl (C=O) groups is 2. The SMILES string of the molecule is Cc1nnsc1C(=O)N1CC(N2CCN(C3CCN(C(=O)c4cc(C(F)(F)F)cc(C(F)(F)F)c4)C(Cc4ccccc4)C3)CC2)C1. The molecule has 3 aromatic rings. The first kappa shape index (κ1) is 33.3. The van der Waals surface area contributed by atoms with Gasteiger partial charge in [-0.3, -0.25) is 19.4 Å². The molecule has 2 aromatic carbocycles. The van der Waals surface area contributed by atoms with E-state index in [1.54, 1.807) is 6.92 Å². The van der Waals surface area contributed by atoms with Gasteiger partial charge in [0.1, 0.15) is 4.88 Å². The molecule has 0 bridgehead atoms. The Morgan fingerprint density at radius 3 is 1.98 bits per heavy atom. The van der Waals surface area contributed by atoms with Crippen molar-refractivity contribution in [1.82, 2.24) is 29.2 Å². The maximum atomic E-state index is 13.7. The standard InChI is InChI=1S/C32H34F6N6O2S/c1-20-28(47-40-39-20)30(46)43-18-27(19-43)42-11-9-41(10-12-42)25-7-8-44(26(17-25)13-21-5-3-2-4-6-21)29(45)22-14-23(31(33,34)35)16-24(15-22)32(36,37)38/h2-6,14-16,25-27H,7-13,17-19H2,1H3. The minimum absolute atomic E-state index is 0.0436. The highest BCUT2D eigenvalue weighted by molar-refractivity contribution is 7.08. The summed E-state index contributed by atoms with van der Waals surface area (Å²) in [6, 6.07) is 10.4. The smallest absolute Gasteiger partial charge is 0.335 e. The van der Waals surface area contributed by atoms with Crippen molar-refractivity contribution in [3.8, 4) is 0 Å². The molecule has 1 aromatic heterocycles. The van der Waals surface area contributed by atoms with E-state index in [4.69, 9.17) is 0 Å². The summed E-state index contributed by atoms with van der Waals surface area (Å²) in [4.78, 5) is 35.0. The Labute approximate surface area is 272 Å². The molecule has 47 heavy (non-hydrogen) atoms. The van der Waals surface area contributed by atoms with E-state index >= 15 is 0 Å². The predicted octanol–water partition coefficient (Wildman–Crippen LogP) is 5.24. The van der Waals surface area contributed by atoms with Gasteiger partial charge in [-0.2, -0.15) is 26.3 Å². The molecule has 3 fully saturated rings. The summed E-state index contributed by atoms with van der Waals surface area (Å²) in [5, 5.41) is 3.92. The van der Waals surface area contributed by atoms with E-state index in [2.05, 4.69) is 19.4 Å². The first-order chi connectivity index (χ1) is 22.3. The fourth-order valence-corrected chi connectivity index (χ4v) is 7.47. The van der Waals surface area contributed by atoms with E-state index in [9.17, 15) is 35.9 Å². The van der Waals surface area contributed by atoms with Crippen molar-refractivity contribution in [2.24, 2.45) is 0 Å². The van der Waals surface area contributed by atoms with Crippen molar-refractivity contribution in [1.29, 1.82) is 0 Å². The molecule has 8 nitrogen and oxygen atoms in total. The number of likely N-dealkylation sites (tertiary alicyclic amines) is 2. The molecule has 2 atom stereocenters. The average molecular weight is 681 g/mol. The van der Waals surface area contributed by atoms with Gasteiger partial charge in [0.25, 0.3) is 11.8 Å². The number of piperazine rings is 1. The molecular formula is C32H34F6N6O2S. The predicted molar refractivity (Wildman–Crippen MR) is 162 cm³/mol. The van der Waals surface area contributed by atoms with Crippen LogP contribution in [0.3, 0.4) is 0 Å². The summed E-state index contributed by atoms with van der Waals surface area (Å²) in [5.74, 6) is -0.878. The van der Waals surface area contributed by atoms with Gasteiger partial charge in [-0.25, -0.2) is 0 Å². The molecule has 0 radical (unpaired) electrons. The number of hydrogen-bond acceptors (Lipinski definition) is 7. The molecular weight excluding hydrogens is 646 g/mol. The van der Waals surface area contributed by atoms with Crippen molar-refractivity contribution in [2.45, 2.75) is 56.7 Å². The highest BCUT2D eigenvalue weighted by Crippen LogP contribution is 2.37. The first-order valence-corrected chi connectivity index (χ1v) is 16.3. The lowest BCUT2D eigenvalue weighted by Gasteiger charge is -2.50. The van der Waals surface area contributed by atoms with Crippen LogP contribution in [-0.4, -0.2) is 105 Å². The fraction of sp³-hybridized carbons (Fsp3) is 0.500. The largest absolute Gasteiger partial charge is 0.416 e. The lowest BCUT2D eigenvalue weighted by atomic mass is 9.90. The van der Waals surface area contributed by atoms with E-state index in [1.165, 1.54) is 4.90 Å². The quantitative estimate of drug-likeness (QED) is 0.332. The number of piperidine rings is 1. The van der Waals surface area contributed by atoms with Crippen molar-refractivity contribution in [3.05, 3.63) is 81.4 Å². The van der Waals surface area contributed by atoms with Crippen LogP contribution in [0.5, 0.6) is 0 Å². The zero-order valence-corrected chi connectivity index (χ0v) is 26.4. The van der Waals surface area contributed by atoms with Gasteiger partial charge in [0, 0.05) is 69.5 Å². The van der Waals surface area contributed by atoms with Gasteiger partial charge in [0.2, 0.25) is 0 Å². The number of benzene rings is 2. The van der Waals surface area contributed by atoms with Crippen LogP contribution >= 0.6 is 11.5 Å². The summed E-state index contributed by atoms with van der Waals surface area (Å²) in [5.41, 5.74) is -2.06. The lowest BCUT2D eigenvalue weighted by molar-refractivity contribution is -0.143. The average Bonchev–Trinajstić information content (AvgIpc) is 3.45. The van der Waals surface area contributed by atoms with E-state index in [0.717, 1.165) is 43.3 Å². The van der Waals surface area contributed by atoms with E-state index in [-0.39, 0.29) is 30.6 Å². The molecule has 3 saturated heterocycles. The summed E-state index contributed by atoms with van der Waals surface area (Å²) in [6.45, 7) is 6.44. The number of hydrogen-bond donors (Lipinski definition) is 0. The maximum Gasteiger partial charge on any atom is 0.416 e. The molecule has 0 aliphatic carbocycles. The van der Waals surface area contributed by atoms with E-state index in [1.807, 2.05) is 35.2 Å². The molecule has 0 saturated carbocycles. The molecule has 0 N–H and O–H groups in total. The van der Waals surface area contributed by atoms with E-state index < -0.39 is 41.0 Å². The zero-order valence-electron chi connectivity index (χ0n) is 25.6. The van der Waals surface area contributed by atoms with Gasteiger partial charge >= 0.3 is 12.4 Å². The number of halogens is 6. The third kappa shape index (κ3) is 7.31. The van der Waals surface area contributed by atoms with Crippen LogP contribution in [0.2, 0.25) is 0 Å². The van der Waals surface area contributed by atoms with Crippen LogP contribution in [0.25, 0.3) is 0 Å². The normalized spacial score (nSPS) is 21.9. The molecule has 3 aliphatic heterocycles. The molecule has 4 heterocycles. The Balaban J connectivity index is 1.12. The molecule has 3 aliphatic rings. The Morgan fingerprint density at radius 2 is 1.43 bits per heavy atom. The third-order valence-corrected chi connectivity index (χ3v) is 10.3. The van der Waals surface area contributed by atoms with Crippen molar-refractivity contribution < 1.29 is 35.9 Å². The second kappa shape index (κ2) is 13.2. The highest BCUT2D eigenvalue weighted by atomic mass is 32.1. The Morgan fingerprint density at radius 1 is 0.830 bits per heavy atom. The first-order valence-electron chi connectivity index (χ1n) is 15.5. The van der Waals surface area contributed by atoms with Gasteiger partial charge in [0.15, 0.2) is 0 Å². The van der Waals surface area contributed by atoms with Gasteiger partial charge in [-0.15, -0.1) is 5.10 Å². The molecule has 0 spiro atoms. The Bertz CT molecular complexity index is 1550. The van der Waals surface area contributed by atoms with Crippen LogP contribution < -0.4 is 0 Å². The van der Waals surface area contributed by atoms with Crippen LogP contribution in [-0.2, 0) is 18.8 Å². The second-order valence-corrected chi connectivity index (χ2v) is 13.2. The van der Waals surface area contributed by atoms with Crippen LogP contribution in [0.15, 0.2) is 48.5 Å². The summed E-state index contributed by atoms with van der Waals surface area (Å²) >= 11 is 1.10. The molecule has 2 amide bonds. The third-order valence-electron chi connectivity index (χ3n) is 9.47. The number of rotatable bonds is 6. The number of aromatic nitrogens is 2. The lowest BCUT2D eigenvalue weighted by Crippen LogP contribution is -2.65. The van der Waals surface area contributed by atoms with Crippen LogP contribution in [0.1, 0.15) is 55.3 Å². The number of amides is 2. The number of aryl methyl sites for hydroxylation is 1. The summed E-state index contributed by atoms with van der Waals surface area (Å²) in [7, 11) is 0. The van der Waals surface area contributed by atoms with Crippen LogP contribution in [0, 0.1) is 6.92 Å². The molecule has 6 rings (SSSR count). The van der Waals surface area contributed by atoms with Gasteiger partial charge < -0.3 is 9.80 Å². The van der Waals surface area contributed by atoms with E-state index in [0.29, 0.717) is 55.1 Å². The number of alkyl halides is 6. The van der Waals surface area contributed by atoms with Crippen LogP contribution in [0.4, 0.5) is 26.3 Å². The van der Waals surface area contributed by atoms with Crippen molar-refractivity contribution >= 4 is 23.3 Å². The number of carbonyl (C=O) groups excluding carboxylic acids is 2. The topological polar surface area (TPSA) is 72.9 Å². The van der Waals surface area contributed by atoms with Gasteiger partial charge in [0.05, 0.1) is 16.8 Å². The molecule has 15 heteroatoms. The minimum atomic E-state index is -5.04. The van der Waals surface area contributed by atoms with Gasteiger partial charge in [-0.1, -0.05) is 34.8 Å². The van der Waals surface area contributed by atoms with Crippen molar-refractivity contribution in [3.63, 3.8) is 0 Å². The number of nitrogens with zero attached hydrogens (tertiary/aromatic N) is 6. The zero-order chi connectivity index (χ0) is 33.5. The summed E-state index contributed by atoms with van der Waals surface area (Å²) < 4.78 is 85.3. The van der Waals surface area contributed by atoms with Gasteiger partial charge in [-0.05, 0) is 61.5 Å². The maximum absolute atomic E-state index is 13.7. The highest BCUT2D eigenvalue weighted by Gasteiger charge is 2.42. The second-order valence-electron chi connectivity index (χ2n) is 12.4. The Kier molecular flexibility index (Phi) is 9.33. The van der Waals surface area contributed by atoms with Crippen molar-refractivity contribution in [2.75, 3.05) is 45.8 Å². The molecule has 2 unspecified atom stereocenters. The fourth-order valence-electron chi connectivity index (χ4n) is 6.84.